The van der Waals surface area contributed by atoms with Crippen molar-refractivity contribution in [3.8, 4) is 5.88 Å². The second-order valence-corrected chi connectivity index (χ2v) is 2.08. The number of hydrogen-bond acceptors (Lipinski definition) is 4. The van der Waals surface area contributed by atoms with Gasteiger partial charge in [-0.1, -0.05) is 0 Å². The van der Waals surface area contributed by atoms with Gasteiger partial charge in [0.1, 0.15) is 0 Å². The lowest BCUT2D eigenvalue weighted by Crippen LogP contribution is -1.85. The zero-order valence-corrected chi connectivity index (χ0v) is 5.47. The Morgan fingerprint density at radius 1 is 1.56 bits per heavy atom. The Bertz CT molecular complexity index is 176. The normalized spacial score (nSPS) is 9.44. The average molecular weight is 142 g/mol. The van der Waals surface area contributed by atoms with Crippen LogP contribution >= 0.6 is 12.6 Å². The van der Waals surface area contributed by atoms with E-state index in [1.807, 2.05) is 0 Å². The monoisotopic (exact) mass is 142 g/mol. The summed E-state index contributed by atoms with van der Waals surface area (Å²) in [5.41, 5.74) is 5.78. The van der Waals surface area contributed by atoms with Crippen molar-refractivity contribution in [1.82, 2.24) is 4.98 Å². The molecule has 1 aromatic heterocycles. The number of pyridine rings is 1. The lowest BCUT2D eigenvalue weighted by atomic mass is 10.4. The topological polar surface area (TPSA) is 59.1 Å². The number of nitrogens with zero attached hydrogens (tertiary/aromatic N) is 1. The lowest BCUT2D eigenvalue weighted by molar-refractivity contribution is 0.449. The minimum Gasteiger partial charge on any atom is -0.493 e. The summed E-state index contributed by atoms with van der Waals surface area (Å²) in [7, 11) is 0. The van der Waals surface area contributed by atoms with E-state index in [2.05, 4.69) is 17.6 Å². The van der Waals surface area contributed by atoms with Gasteiger partial charge < -0.3 is 10.8 Å². The molecule has 0 aliphatic heterocycles. The molecule has 0 saturated carbocycles. The van der Waals surface area contributed by atoms with Crippen LogP contribution < -0.4 is 5.73 Å². The van der Waals surface area contributed by atoms with E-state index < -0.39 is 0 Å². The fraction of sp³-hybridized carbons (Fsp3) is 0. The van der Waals surface area contributed by atoms with E-state index in [1.54, 1.807) is 6.07 Å². The van der Waals surface area contributed by atoms with Crippen molar-refractivity contribution < 1.29 is 5.11 Å². The number of hydrogen-bond donors (Lipinski definition) is 3. The van der Waals surface area contributed by atoms with Crippen LogP contribution in [0.15, 0.2) is 17.2 Å². The molecule has 0 bridgehead atoms. The molecule has 0 aliphatic carbocycles. The van der Waals surface area contributed by atoms with Gasteiger partial charge in [-0.25, -0.2) is 4.98 Å². The molecule has 0 fully saturated rings. The second-order valence-electron chi connectivity index (χ2n) is 1.62. The molecule has 0 amide bonds. The third kappa shape index (κ3) is 1.50. The molecule has 1 aromatic rings. The summed E-state index contributed by atoms with van der Waals surface area (Å²) in [5.74, 6) is -0.0972. The van der Waals surface area contributed by atoms with Crippen molar-refractivity contribution in [1.29, 1.82) is 0 Å². The fourth-order valence-electron chi connectivity index (χ4n) is 0.522. The van der Waals surface area contributed by atoms with Crippen LogP contribution in [-0.4, -0.2) is 10.1 Å². The lowest BCUT2D eigenvalue weighted by Gasteiger charge is -1.94. The Morgan fingerprint density at radius 2 is 2.22 bits per heavy atom. The number of aromatic hydroxyl groups is 1. The van der Waals surface area contributed by atoms with Gasteiger partial charge in [0.25, 0.3) is 0 Å². The molecule has 0 aromatic carbocycles. The first-order valence-electron chi connectivity index (χ1n) is 2.34. The Balaban J connectivity index is 3.17. The Labute approximate surface area is 57.9 Å². The number of aromatic nitrogens is 1. The van der Waals surface area contributed by atoms with Crippen LogP contribution in [0.4, 0.5) is 5.69 Å². The molecule has 48 valence electrons. The maximum atomic E-state index is 8.75. The summed E-state index contributed by atoms with van der Waals surface area (Å²) in [6.07, 6.45) is 0. The summed E-state index contributed by atoms with van der Waals surface area (Å²) in [6, 6.07) is 2.92. The predicted octanol–water partition coefficient (Wildman–Crippen LogP) is 0.658. The number of anilines is 1. The highest BCUT2D eigenvalue weighted by atomic mass is 32.1. The molecule has 0 atom stereocenters. The van der Waals surface area contributed by atoms with Gasteiger partial charge in [-0.2, -0.15) is 0 Å². The van der Waals surface area contributed by atoms with Crippen molar-refractivity contribution in [2.45, 2.75) is 5.03 Å². The van der Waals surface area contributed by atoms with Crippen LogP contribution in [0.5, 0.6) is 5.88 Å². The van der Waals surface area contributed by atoms with Crippen molar-refractivity contribution in [2.24, 2.45) is 0 Å². The highest BCUT2D eigenvalue weighted by Crippen LogP contribution is 2.14. The van der Waals surface area contributed by atoms with E-state index in [4.69, 9.17) is 10.8 Å². The Kier molecular flexibility index (Phi) is 1.48. The highest BCUT2D eigenvalue weighted by Gasteiger charge is 1.92. The molecule has 3 nitrogen and oxygen atoms in total. The van der Waals surface area contributed by atoms with E-state index in [0.29, 0.717) is 10.7 Å². The van der Waals surface area contributed by atoms with Gasteiger partial charge in [0.2, 0.25) is 5.88 Å². The molecule has 0 aliphatic rings. The number of nitrogen functional groups attached to an aromatic ring is 1. The summed E-state index contributed by atoms with van der Waals surface area (Å²) < 4.78 is 0. The molecule has 4 heteroatoms. The first kappa shape index (κ1) is 6.22. The number of nitrogens with two attached hydrogens (primary N) is 1. The average Bonchev–Trinajstić information content (AvgIpc) is 1.59. The smallest absolute Gasteiger partial charge is 0.213 e. The minimum absolute atomic E-state index is 0.0972. The van der Waals surface area contributed by atoms with Gasteiger partial charge in [0.05, 0.1) is 5.03 Å². The highest BCUT2D eigenvalue weighted by molar-refractivity contribution is 7.80. The second kappa shape index (κ2) is 2.14. The molecule has 0 radical (unpaired) electrons. The summed E-state index contributed by atoms with van der Waals surface area (Å²) in [6.45, 7) is 0. The SMILES string of the molecule is Nc1cc(O)nc(S)c1. The zero-order valence-electron chi connectivity index (χ0n) is 4.57. The zero-order chi connectivity index (χ0) is 6.85. The largest absolute Gasteiger partial charge is 0.493 e. The van der Waals surface area contributed by atoms with Crippen molar-refractivity contribution in [3.05, 3.63) is 12.1 Å². The van der Waals surface area contributed by atoms with Crippen LogP contribution in [0.3, 0.4) is 0 Å². The quantitative estimate of drug-likeness (QED) is 0.466. The number of rotatable bonds is 0. The summed E-state index contributed by atoms with van der Waals surface area (Å²) >= 11 is 3.87. The van der Waals surface area contributed by atoms with Crippen LogP contribution in [0.2, 0.25) is 0 Å². The molecule has 0 spiro atoms. The molecule has 3 N–H and O–H groups in total. The minimum atomic E-state index is -0.0972. The van der Waals surface area contributed by atoms with E-state index in [9.17, 15) is 0 Å². The fourth-order valence-corrected chi connectivity index (χ4v) is 0.773. The van der Waals surface area contributed by atoms with Crippen LogP contribution in [0.25, 0.3) is 0 Å². The third-order valence-corrected chi connectivity index (χ3v) is 1.05. The van der Waals surface area contributed by atoms with Crippen LogP contribution in [0, 0.1) is 0 Å². The summed E-state index contributed by atoms with van der Waals surface area (Å²) in [4.78, 5) is 3.57. The van der Waals surface area contributed by atoms with Crippen molar-refractivity contribution in [3.63, 3.8) is 0 Å². The Hall–Kier alpha value is -0.900. The molecule has 1 rings (SSSR count). The first-order chi connectivity index (χ1) is 4.18. The van der Waals surface area contributed by atoms with Gasteiger partial charge in [-0.05, 0) is 6.07 Å². The molecule has 9 heavy (non-hydrogen) atoms. The van der Waals surface area contributed by atoms with Gasteiger partial charge in [0, 0.05) is 11.8 Å². The molecule has 1 heterocycles. The van der Waals surface area contributed by atoms with E-state index in [0.717, 1.165) is 0 Å². The van der Waals surface area contributed by atoms with Crippen molar-refractivity contribution in [2.75, 3.05) is 5.73 Å². The van der Waals surface area contributed by atoms with Gasteiger partial charge >= 0.3 is 0 Å². The van der Waals surface area contributed by atoms with Gasteiger partial charge in [-0.15, -0.1) is 12.6 Å². The molecular formula is C5H6N2OS. The first-order valence-corrected chi connectivity index (χ1v) is 2.79. The van der Waals surface area contributed by atoms with Crippen LogP contribution in [0.1, 0.15) is 0 Å². The van der Waals surface area contributed by atoms with E-state index >= 15 is 0 Å². The maximum Gasteiger partial charge on any atom is 0.213 e. The van der Waals surface area contributed by atoms with Gasteiger partial charge in [-0.3, -0.25) is 0 Å². The van der Waals surface area contributed by atoms with Crippen molar-refractivity contribution >= 4 is 18.3 Å². The summed E-state index contributed by atoms with van der Waals surface area (Å²) in [5, 5.41) is 9.18. The molecule has 0 saturated heterocycles. The molecular weight excluding hydrogens is 136 g/mol. The Morgan fingerprint density at radius 3 is 2.67 bits per heavy atom. The molecule has 0 unspecified atom stereocenters. The number of thiol groups is 1. The standard InChI is InChI=1S/C5H6N2OS/c6-3-1-4(8)7-5(9)2-3/h1-2H,(H4,6,7,8,9). The van der Waals surface area contributed by atoms with Gasteiger partial charge in [0.15, 0.2) is 0 Å². The van der Waals surface area contributed by atoms with E-state index in [1.165, 1.54) is 6.07 Å². The predicted molar refractivity (Wildman–Crippen MR) is 37.6 cm³/mol. The third-order valence-electron chi connectivity index (χ3n) is 0.821. The van der Waals surface area contributed by atoms with E-state index in [-0.39, 0.29) is 5.88 Å². The van der Waals surface area contributed by atoms with Crippen LogP contribution in [-0.2, 0) is 0 Å². The maximum absolute atomic E-state index is 8.75.